The van der Waals surface area contributed by atoms with E-state index in [9.17, 15) is 18.4 Å². The highest BCUT2D eigenvalue weighted by Gasteiger charge is 2.28. The number of benzene rings is 1. The van der Waals surface area contributed by atoms with Crippen molar-refractivity contribution in [3.8, 4) is 0 Å². The Morgan fingerprint density at radius 2 is 2.07 bits per heavy atom. The van der Waals surface area contributed by atoms with Gasteiger partial charge < -0.3 is 15.4 Å². The van der Waals surface area contributed by atoms with E-state index in [4.69, 9.17) is 4.74 Å². The number of nitrogens with one attached hydrogen (secondary N) is 2. The molecule has 2 aromatic rings. The summed E-state index contributed by atoms with van der Waals surface area (Å²) in [5.74, 6) is -2.09. The van der Waals surface area contributed by atoms with Gasteiger partial charge in [0.1, 0.15) is 16.6 Å². The van der Waals surface area contributed by atoms with E-state index in [1.807, 2.05) is 0 Å². The first-order valence-corrected chi connectivity index (χ1v) is 10.0. The summed E-state index contributed by atoms with van der Waals surface area (Å²) in [6.45, 7) is 3.61. The summed E-state index contributed by atoms with van der Waals surface area (Å²) >= 11 is 1.40. The van der Waals surface area contributed by atoms with E-state index in [1.54, 1.807) is 13.8 Å². The number of esters is 1. The standard InChI is InChI=1S/C20H22F2N2O3S/c1-3-27-20(26)18-14-5-4-6-16(14)28-19(18)24-17(25)10-23-11(2)13-8-7-12(21)9-15(13)22/h7-9,11,23H,3-6,10H2,1-2H3,(H,24,25)/t11-/m0/s1. The third-order valence-electron chi connectivity index (χ3n) is 4.65. The minimum absolute atomic E-state index is 0.0805. The van der Waals surface area contributed by atoms with Crippen LogP contribution >= 0.6 is 11.3 Å². The van der Waals surface area contributed by atoms with Crippen molar-refractivity contribution in [1.29, 1.82) is 0 Å². The molecule has 1 atom stereocenters. The Bertz CT molecular complexity index is 898. The van der Waals surface area contributed by atoms with Crippen LogP contribution in [0, 0.1) is 11.6 Å². The number of halogens is 2. The van der Waals surface area contributed by atoms with Crippen molar-refractivity contribution in [2.75, 3.05) is 18.5 Å². The zero-order chi connectivity index (χ0) is 20.3. The third-order valence-corrected chi connectivity index (χ3v) is 5.86. The number of hydrogen-bond acceptors (Lipinski definition) is 5. The highest BCUT2D eigenvalue weighted by molar-refractivity contribution is 7.17. The second-order valence-corrected chi connectivity index (χ2v) is 7.70. The maximum Gasteiger partial charge on any atom is 0.341 e. The van der Waals surface area contributed by atoms with Gasteiger partial charge in [0.25, 0.3) is 0 Å². The zero-order valence-electron chi connectivity index (χ0n) is 15.7. The second kappa shape index (κ2) is 8.79. The molecule has 1 heterocycles. The molecule has 0 fully saturated rings. The number of thiophene rings is 1. The molecule has 0 saturated carbocycles. The third kappa shape index (κ3) is 4.39. The number of hydrogen-bond donors (Lipinski definition) is 2. The molecule has 1 aliphatic carbocycles. The Hall–Kier alpha value is -2.32. The highest BCUT2D eigenvalue weighted by Crippen LogP contribution is 2.39. The van der Waals surface area contributed by atoms with Crippen LogP contribution in [0.5, 0.6) is 0 Å². The number of carbonyl (C=O) groups excluding carboxylic acids is 2. The Morgan fingerprint density at radius 1 is 1.29 bits per heavy atom. The maximum absolute atomic E-state index is 13.8. The Balaban J connectivity index is 1.66. The average Bonchev–Trinajstić information content (AvgIpc) is 3.20. The lowest BCUT2D eigenvalue weighted by atomic mass is 10.1. The van der Waals surface area contributed by atoms with Crippen molar-refractivity contribution in [3.63, 3.8) is 0 Å². The molecule has 0 unspecified atom stereocenters. The molecule has 0 aliphatic heterocycles. The molecule has 1 aliphatic rings. The molecule has 28 heavy (non-hydrogen) atoms. The Morgan fingerprint density at radius 3 is 2.79 bits per heavy atom. The molecule has 0 bridgehead atoms. The fraction of sp³-hybridized carbons (Fsp3) is 0.400. The van der Waals surface area contributed by atoms with Gasteiger partial charge in [0.15, 0.2) is 0 Å². The van der Waals surface area contributed by atoms with E-state index in [0.29, 0.717) is 10.6 Å². The zero-order valence-corrected chi connectivity index (χ0v) is 16.6. The van der Waals surface area contributed by atoms with Gasteiger partial charge in [0.2, 0.25) is 5.91 Å². The van der Waals surface area contributed by atoms with Crippen LogP contribution in [-0.4, -0.2) is 25.0 Å². The van der Waals surface area contributed by atoms with Gasteiger partial charge in [-0.2, -0.15) is 0 Å². The Kier molecular flexibility index (Phi) is 6.41. The van der Waals surface area contributed by atoms with Crippen molar-refractivity contribution in [1.82, 2.24) is 5.32 Å². The summed E-state index contributed by atoms with van der Waals surface area (Å²) < 4.78 is 32.0. The van der Waals surface area contributed by atoms with E-state index in [-0.39, 0.29) is 24.6 Å². The number of carbonyl (C=O) groups is 2. The number of ether oxygens (including phenoxy) is 1. The van der Waals surface area contributed by atoms with Gasteiger partial charge in [-0.15, -0.1) is 11.3 Å². The van der Waals surface area contributed by atoms with Crippen LogP contribution in [0.4, 0.5) is 13.8 Å². The quantitative estimate of drug-likeness (QED) is 0.680. The minimum atomic E-state index is -0.667. The molecular formula is C20H22F2N2O3S. The summed E-state index contributed by atoms with van der Waals surface area (Å²) in [6, 6.07) is 2.86. The molecule has 8 heteroatoms. The summed E-state index contributed by atoms with van der Waals surface area (Å²) in [7, 11) is 0. The average molecular weight is 408 g/mol. The summed E-state index contributed by atoms with van der Waals surface area (Å²) in [5, 5.41) is 6.18. The molecule has 3 rings (SSSR count). The normalized spacial score (nSPS) is 13.9. The molecule has 0 radical (unpaired) electrons. The number of rotatable bonds is 7. The molecular weight excluding hydrogens is 386 g/mol. The second-order valence-electron chi connectivity index (χ2n) is 6.60. The molecule has 0 saturated heterocycles. The van der Waals surface area contributed by atoms with E-state index < -0.39 is 23.6 Å². The predicted octanol–water partition coefficient (Wildman–Crippen LogP) is 3.98. The van der Waals surface area contributed by atoms with Crippen LogP contribution in [0.15, 0.2) is 18.2 Å². The van der Waals surface area contributed by atoms with E-state index in [2.05, 4.69) is 10.6 Å². The van der Waals surface area contributed by atoms with Crippen LogP contribution < -0.4 is 10.6 Å². The van der Waals surface area contributed by atoms with Crippen molar-refractivity contribution >= 4 is 28.2 Å². The molecule has 150 valence electrons. The van der Waals surface area contributed by atoms with Crippen LogP contribution in [0.3, 0.4) is 0 Å². The molecule has 1 amide bonds. The minimum Gasteiger partial charge on any atom is -0.462 e. The smallest absolute Gasteiger partial charge is 0.341 e. The summed E-state index contributed by atoms with van der Waals surface area (Å²) in [5.41, 5.74) is 1.69. The topological polar surface area (TPSA) is 67.4 Å². The van der Waals surface area contributed by atoms with Gasteiger partial charge in [-0.1, -0.05) is 6.07 Å². The van der Waals surface area contributed by atoms with Crippen LogP contribution in [0.25, 0.3) is 0 Å². The predicted molar refractivity (Wildman–Crippen MR) is 104 cm³/mol. The van der Waals surface area contributed by atoms with Gasteiger partial charge in [0.05, 0.1) is 18.7 Å². The van der Waals surface area contributed by atoms with Crippen molar-refractivity contribution in [2.45, 2.75) is 39.2 Å². The first-order valence-electron chi connectivity index (χ1n) is 9.20. The fourth-order valence-corrected chi connectivity index (χ4v) is 4.58. The number of fused-ring (bicyclic) bond motifs is 1. The van der Waals surface area contributed by atoms with E-state index >= 15 is 0 Å². The fourth-order valence-electron chi connectivity index (χ4n) is 3.29. The van der Waals surface area contributed by atoms with E-state index in [1.165, 1.54) is 23.5 Å². The number of aryl methyl sites for hydroxylation is 1. The van der Waals surface area contributed by atoms with Crippen molar-refractivity contribution in [2.24, 2.45) is 0 Å². The first kappa shape index (κ1) is 20.4. The highest BCUT2D eigenvalue weighted by atomic mass is 32.1. The van der Waals surface area contributed by atoms with Gasteiger partial charge in [0, 0.05) is 22.5 Å². The molecule has 2 N–H and O–H groups in total. The van der Waals surface area contributed by atoms with Crippen molar-refractivity contribution in [3.05, 3.63) is 51.4 Å². The largest absolute Gasteiger partial charge is 0.462 e. The lowest BCUT2D eigenvalue weighted by Crippen LogP contribution is -2.30. The summed E-state index contributed by atoms with van der Waals surface area (Å²) in [4.78, 5) is 25.8. The molecule has 1 aromatic heterocycles. The van der Waals surface area contributed by atoms with Gasteiger partial charge in [-0.3, -0.25) is 4.79 Å². The number of anilines is 1. The monoisotopic (exact) mass is 408 g/mol. The lowest BCUT2D eigenvalue weighted by Gasteiger charge is -2.15. The van der Waals surface area contributed by atoms with Gasteiger partial charge in [-0.25, -0.2) is 13.6 Å². The SMILES string of the molecule is CCOC(=O)c1c(NC(=O)CN[C@@H](C)c2ccc(F)cc2F)sc2c1CCC2. The van der Waals surface area contributed by atoms with Gasteiger partial charge in [-0.05, 0) is 44.7 Å². The van der Waals surface area contributed by atoms with E-state index in [0.717, 1.165) is 35.8 Å². The Labute approximate surface area is 166 Å². The van der Waals surface area contributed by atoms with Crippen LogP contribution in [0.2, 0.25) is 0 Å². The molecule has 5 nitrogen and oxygen atoms in total. The van der Waals surface area contributed by atoms with Gasteiger partial charge >= 0.3 is 5.97 Å². The molecule has 0 spiro atoms. The van der Waals surface area contributed by atoms with Crippen LogP contribution in [0.1, 0.15) is 52.7 Å². The van der Waals surface area contributed by atoms with Crippen LogP contribution in [-0.2, 0) is 22.4 Å². The maximum atomic E-state index is 13.8. The lowest BCUT2D eigenvalue weighted by molar-refractivity contribution is -0.115. The van der Waals surface area contributed by atoms with Crippen molar-refractivity contribution < 1.29 is 23.1 Å². The summed E-state index contributed by atoms with van der Waals surface area (Å²) in [6.07, 6.45) is 2.68. The molecule has 1 aromatic carbocycles. The first-order chi connectivity index (χ1) is 13.4. The number of amides is 1.